The molecule has 0 spiro atoms. The maximum absolute atomic E-state index is 11.9. The van der Waals surface area contributed by atoms with Crippen molar-refractivity contribution in [3.8, 4) is 0 Å². The van der Waals surface area contributed by atoms with Gasteiger partial charge in [0.05, 0.1) is 24.5 Å². The molecule has 0 saturated carbocycles. The van der Waals surface area contributed by atoms with E-state index in [2.05, 4.69) is 15.3 Å². The molecule has 23 heavy (non-hydrogen) atoms. The minimum absolute atomic E-state index is 0.201. The fourth-order valence-corrected chi connectivity index (χ4v) is 3.13. The molecule has 1 aromatic carbocycles. The van der Waals surface area contributed by atoms with Crippen LogP contribution in [0.25, 0.3) is 10.2 Å². The van der Waals surface area contributed by atoms with Gasteiger partial charge in [-0.1, -0.05) is 30.3 Å². The Kier molecular flexibility index (Phi) is 4.83. The SMILES string of the molecule is CCOC(=O)CC(Nc1ncnc2sccc12)c1ccccc1. The van der Waals surface area contributed by atoms with Crippen molar-refractivity contribution >= 4 is 33.3 Å². The second-order valence-corrected chi connectivity index (χ2v) is 5.87. The summed E-state index contributed by atoms with van der Waals surface area (Å²) in [6, 6.07) is 11.6. The number of anilines is 1. The molecule has 0 radical (unpaired) electrons. The Hall–Kier alpha value is -2.47. The minimum atomic E-state index is -0.232. The van der Waals surface area contributed by atoms with E-state index in [1.807, 2.05) is 48.7 Å². The molecule has 0 aliphatic heterocycles. The van der Waals surface area contributed by atoms with E-state index < -0.39 is 0 Å². The molecule has 0 aliphatic rings. The molecular weight excluding hydrogens is 310 g/mol. The van der Waals surface area contributed by atoms with E-state index in [-0.39, 0.29) is 18.4 Å². The van der Waals surface area contributed by atoms with Gasteiger partial charge in [0, 0.05) is 0 Å². The molecule has 0 bridgehead atoms. The summed E-state index contributed by atoms with van der Waals surface area (Å²) in [5.41, 5.74) is 1.02. The van der Waals surface area contributed by atoms with Crippen molar-refractivity contribution < 1.29 is 9.53 Å². The van der Waals surface area contributed by atoms with E-state index in [4.69, 9.17) is 4.74 Å². The fourth-order valence-electron chi connectivity index (χ4n) is 2.39. The number of rotatable bonds is 6. The lowest BCUT2D eigenvalue weighted by Gasteiger charge is -2.19. The lowest BCUT2D eigenvalue weighted by Crippen LogP contribution is -2.18. The van der Waals surface area contributed by atoms with Gasteiger partial charge in [0.2, 0.25) is 0 Å². The summed E-state index contributed by atoms with van der Waals surface area (Å²) in [4.78, 5) is 21.4. The molecule has 118 valence electrons. The van der Waals surface area contributed by atoms with Gasteiger partial charge in [-0.25, -0.2) is 9.97 Å². The number of benzene rings is 1. The first-order valence-electron chi connectivity index (χ1n) is 7.43. The number of nitrogens with one attached hydrogen (secondary N) is 1. The number of hydrogen-bond acceptors (Lipinski definition) is 6. The third-order valence-electron chi connectivity index (χ3n) is 3.45. The van der Waals surface area contributed by atoms with Crippen molar-refractivity contribution in [1.29, 1.82) is 0 Å². The van der Waals surface area contributed by atoms with E-state index in [1.54, 1.807) is 11.3 Å². The van der Waals surface area contributed by atoms with Crippen LogP contribution >= 0.6 is 11.3 Å². The van der Waals surface area contributed by atoms with Crippen molar-refractivity contribution in [3.05, 3.63) is 53.7 Å². The van der Waals surface area contributed by atoms with E-state index in [9.17, 15) is 4.79 Å². The first-order valence-corrected chi connectivity index (χ1v) is 8.31. The van der Waals surface area contributed by atoms with Crippen molar-refractivity contribution in [3.63, 3.8) is 0 Å². The Bertz CT molecular complexity index is 789. The maximum atomic E-state index is 11.9. The summed E-state index contributed by atoms with van der Waals surface area (Å²) in [5.74, 6) is 0.499. The molecule has 0 amide bonds. The zero-order chi connectivity index (χ0) is 16.1. The molecule has 3 rings (SSSR count). The Morgan fingerprint density at radius 2 is 2.09 bits per heavy atom. The first kappa shape index (κ1) is 15.4. The molecule has 1 N–H and O–H groups in total. The number of carbonyl (C=O) groups is 1. The van der Waals surface area contributed by atoms with Crippen LogP contribution in [0.2, 0.25) is 0 Å². The average Bonchev–Trinajstić information content (AvgIpc) is 3.05. The zero-order valence-electron chi connectivity index (χ0n) is 12.7. The number of ether oxygens (including phenoxy) is 1. The zero-order valence-corrected chi connectivity index (χ0v) is 13.5. The van der Waals surface area contributed by atoms with E-state index in [0.29, 0.717) is 6.61 Å². The summed E-state index contributed by atoms with van der Waals surface area (Å²) >= 11 is 1.56. The normalized spacial score (nSPS) is 12.0. The number of fused-ring (bicyclic) bond motifs is 1. The second-order valence-electron chi connectivity index (χ2n) is 4.98. The minimum Gasteiger partial charge on any atom is -0.466 e. The molecule has 1 unspecified atom stereocenters. The van der Waals surface area contributed by atoms with Gasteiger partial charge in [-0.15, -0.1) is 11.3 Å². The van der Waals surface area contributed by atoms with Gasteiger partial charge in [-0.05, 0) is 23.9 Å². The number of aromatic nitrogens is 2. The highest BCUT2D eigenvalue weighted by atomic mass is 32.1. The topological polar surface area (TPSA) is 64.1 Å². The smallest absolute Gasteiger partial charge is 0.308 e. The van der Waals surface area contributed by atoms with E-state index in [1.165, 1.54) is 6.33 Å². The molecule has 1 atom stereocenters. The Morgan fingerprint density at radius 3 is 2.87 bits per heavy atom. The van der Waals surface area contributed by atoms with Crippen molar-refractivity contribution in [1.82, 2.24) is 9.97 Å². The van der Waals surface area contributed by atoms with Gasteiger partial charge in [0.15, 0.2) is 0 Å². The van der Waals surface area contributed by atoms with Crippen LogP contribution in [0.3, 0.4) is 0 Å². The number of nitrogens with zero attached hydrogens (tertiary/aromatic N) is 2. The summed E-state index contributed by atoms with van der Waals surface area (Å²) in [5, 5.41) is 6.31. The summed E-state index contributed by atoms with van der Waals surface area (Å²) < 4.78 is 5.09. The number of thiophene rings is 1. The number of esters is 1. The number of hydrogen-bond donors (Lipinski definition) is 1. The van der Waals surface area contributed by atoms with Crippen LogP contribution in [-0.2, 0) is 9.53 Å². The Labute approximate surface area is 138 Å². The van der Waals surface area contributed by atoms with Crippen LogP contribution in [0.5, 0.6) is 0 Å². The van der Waals surface area contributed by atoms with Gasteiger partial charge in [-0.2, -0.15) is 0 Å². The molecule has 2 heterocycles. The Balaban J connectivity index is 1.89. The van der Waals surface area contributed by atoms with Gasteiger partial charge in [0.25, 0.3) is 0 Å². The summed E-state index contributed by atoms with van der Waals surface area (Å²) in [6.07, 6.45) is 1.78. The van der Waals surface area contributed by atoms with Gasteiger partial charge in [0.1, 0.15) is 17.0 Å². The number of carbonyl (C=O) groups excluding carboxylic acids is 1. The maximum Gasteiger partial charge on any atom is 0.308 e. The third-order valence-corrected chi connectivity index (χ3v) is 4.27. The average molecular weight is 327 g/mol. The van der Waals surface area contributed by atoms with Crippen LogP contribution in [0.4, 0.5) is 5.82 Å². The molecule has 0 aliphatic carbocycles. The predicted octanol–water partition coefficient (Wildman–Crippen LogP) is 3.80. The van der Waals surface area contributed by atoms with Crippen molar-refractivity contribution in [2.24, 2.45) is 0 Å². The van der Waals surface area contributed by atoms with Gasteiger partial charge in [-0.3, -0.25) is 4.79 Å². The van der Waals surface area contributed by atoms with Crippen LogP contribution in [0.1, 0.15) is 24.9 Å². The standard InChI is InChI=1S/C17H17N3O2S/c1-2-22-15(21)10-14(12-6-4-3-5-7-12)20-16-13-8-9-23-17(13)19-11-18-16/h3-9,11,14H,2,10H2,1H3,(H,18,19,20). The highest BCUT2D eigenvalue weighted by Gasteiger charge is 2.18. The fraction of sp³-hybridized carbons (Fsp3) is 0.235. The predicted molar refractivity (Wildman–Crippen MR) is 91.5 cm³/mol. The van der Waals surface area contributed by atoms with E-state index >= 15 is 0 Å². The van der Waals surface area contributed by atoms with Gasteiger partial charge >= 0.3 is 5.97 Å². The van der Waals surface area contributed by atoms with Crippen LogP contribution in [0, 0.1) is 0 Å². The van der Waals surface area contributed by atoms with Crippen LogP contribution in [0.15, 0.2) is 48.1 Å². The van der Waals surface area contributed by atoms with Crippen LogP contribution < -0.4 is 5.32 Å². The molecule has 2 aromatic heterocycles. The highest BCUT2D eigenvalue weighted by molar-refractivity contribution is 7.16. The third kappa shape index (κ3) is 3.65. The monoisotopic (exact) mass is 327 g/mol. The molecule has 3 aromatic rings. The van der Waals surface area contributed by atoms with Crippen molar-refractivity contribution in [2.75, 3.05) is 11.9 Å². The molecule has 6 heteroatoms. The Morgan fingerprint density at radius 1 is 1.26 bits per heavy atom. The molecule has 0 saturated heterocycles. The lowest BCUT2D eigenvalue weighted by molar-refractivity contribution is -0.143. The van der Waals surface area contributed by atoms with Crippen molar-refractivity contribution in [2.45, 2.75) is 19.4 Å². The van der Waals surface area contributed by atoms with E-state index in [0.717, 1.165) is 21.6 Å². The lowest BCUT2D eigenvalue weighted by atomic mass is 10.0. The first-order chi connectivity index (χ1) is 11.3. The molecule has 5 nitrogen and oxygen atoms in total. The largest absolute Gasteiger partial charge is 0.466 e. The second kappa shape index (κ2) is 7.19. The molecular formula is C17H17N3O2S. The summed E-state index contributed by atoms with van der Waals surface area (Å²) in [6.45, 7) is 2.19. The van der Waals surface area contributed by atoms with Gasteiger partial charge < -0.3 is 10.1 Å². The quantitative estimate of drug-likeness (QED) is 0.698. The molecule has 0 fully saturated rings. The summed E-state index contributed by atoms with van der Waals surface area (Å²) in [7, 11) is 0. The van der Waals surface area contributed by atoms with Crippen LogP contribution in [-0.4, -0.2) is 22.5 Å². The highest BCUT2D eigenvalue weighted by Crippen LogP contribution is 2.28.